The molecule has 0 radical (unpaired) electrons. The number of benzene rings is 1. The number of pyridine rings is 1. The maximum Gasteiger partial charge on any atom is 0.224 e. The Balaban J connectivity index is 1.45. The SMILES string of the molecule is Cn1cc(NC(=O)CCc2ccnc3ccccc23)c(C2CC2)n1. The molecule has 0 saturated heterocycles. The minimum Gasteiger partial charge on any atom is -0.323 e. The molecule has 24 heavy (non-hydrogen) atoms. The van der Waals surface area contributed by atoms with Crippen molar-refractivity contribution in [1.82, 2.24) is 14.8 Å². The molecule has 4 rings (SSSR count). The van der Waals surface area contributed by atoms with Gasteiger partial charge in [0.2, 0.25) is 5.91 Å². The van der Waals surface area contributed by atoms with Gasteiger partial charge in [-0.25, -0.2) is 0 Å². The van der Waals surface area contributed by atoms with Crippen LogP contribution in [0.1, 0.15) is 36.4 Å². The van der Waals surface area contributed by atoms with Crippen LogP contribution in [-0.4, -0.2) is 20.7 Å². The lowest BCUT2D eigenvalue weighted by Crippen LogP contribution is -2.13. The average Bonchev–Trinajstić information content (AvgIpc) is 3.36. The summed E-state index contributed by atoms with van der Waals surface area (Å²) in [6, 6.07) is 10.0. The average molecular weight is 320 g/mol. The number of nitrogens with zero attached hydrogens (tertiary/aromatic N) is 3. The summed E-state index contributed by atoms with van der Waals surface area (Å²) in [5, 5.41) is 8.63. The first-order chi connectivity index (χ1) is 11.7. The number of aryl methyl sites for hydroxylation is 2. The number of amides is 1. The highest BCUT2D eigenvalue weighted by Crippen LogP contribution is 2.42. The minimum absolute atomic E-state index is 0.0331. The van der Waals surface area contributed by atoms with Crippen molar-refractivity contribution in [3.63, 3.8) is 0 Å². The van der Waals surface area contributed by atoms with Crippen LogP contribution in [0.4, 0.5) is 5.69 Å². The molecule has 5 nitrogen and oxygen atoms in total. The van der Waals surface area contributed by atoms with Crippen molar-refractivity contribution in [2.45, 2.75) is 31.6 Å². The molecule has 0 bridgehead atoms. The second-order valence-corrected chi connectivity index (χ2v) is 6.41. The van der Waals surface area contributed by atoms with Gasteiger partial charge in [0.25, 0.3) is 0 Å². The summed E-state index contributed by atoms with van der Waals surface area (Å²) in [4.78, 5) is 16.7. The normalized spacial score (nSPS) is 14.0. The van der Waals surface area contributed by atoms with E-state index in [2.05, 4.69) is 21.5 Å². The number of anilines is 1. The van der Waals surface area contributed by atoms with Crippen molar-refractivity contribution in [2.24, 2.45) is 7.05 Å². The van der Waals surface area contributed by atoms with Crippen LogP contribution in [0.25, 0.3) is 10.9 Å². The fourth-order valence-electron chi connectivity index (χ4n) is 3.09. The van der Waals surface area contributed by atoms with Gasteiger partial charge in [0.05, 0.1) is 16.9 Å². The molecule has 1 fully saturated rings. The molecular weight excluding hydrogens is 300 g/mol. The lowest BCUT2D eigenvalue weighted by molar-refractivity contribution is -0.116. The maximum absolute atomic E-state index is 12.4. The molecule has 1 aliphatic carbocycles. The zero-order valence-electron chi connectivity index (χ0n) is 13.7. The van der Waals surface area contributed by atoms with E-state index < -0.39 is 0 Å². The molecule has 1 amide bonds. The molecule has 1 aromatic carbocycles. The standard InChI is InChI=1S/C19H20N4O/c1-23-12-17(19(22-23)14-6-7-14)21-18(24)9-8-13-10-11-20-16-5-3-2-4-15(13)16/h2-5,10-12,14H,6-9H2,1H3,(H,21,24). The zero-order chi connectivity index (χ0) is 16.5. The fourth-order valence-corrected chi connectivity index (χ4v) is 3.09. The molecule has 1 N–H and O–H groups in total. The third-order valence-corrected chi connectivity index (χ3v) is 4.46. The predicted molar refractivity (Wildman–Crippen MR) is 93.9 cm³/mol. The van der Waals surface area contributed by atoms with Gasteiger partial charge in [-0.15, -0.1) is 0 Å². The van der Waals surface area contributed by atoms with Crippen LogP contribution in [0.5, 0.6) is 0 Å². The van der Waals surface area contributed by atoms with Crippen molar-refractivity contribution >= 4 is 22.5 Å². The predicted octanol–water partition coefficient (Wildman–Crippen LogP) is 3.42. The van der Waals surface area contributed by atoms with Crippen LogP contribution < -0.4 is 5.32 Å². The fraction of sp³-hybridized carbons (Fsp3) is 0.316. The third kappa shape index (κ3) is 3.02. The van der Waals surface area contributed by atoms with Gasteiger partial charge in [-0.2, -0.15) is 5.10 Å². The summed E-state index contributed by atoms with van der Waals surface area (Å²) in [5.74, 6) is 0.552. The minimum atomic E-state index is 0.0331. The molecular formula is C19H20N4O. The first kappa shape index (κ1) is 14.9. The van der Waals surface area contributed by atoms with E-state index in [4.69, 9.17) is 0 Å². The highest BCUT2D eigenvalue weighted by Gasteiger charge is 2.29. The number of carbonyl (C=O) groups excluding carboxylic acids is 1. The monoisotopic (exact) mass is 320 g/mol. The molecule has 0 unspecified atom stereocenters. The first-order valence-corrected chi connectivity index (χ1v) is 8.37. The first-order valence-electron chi connectivity index (χ1n) is 8.37. The lowest BCUT2D eigenvalue weighted by Gasteiger charge is -2.07. The van der Waals surface area contributed by atoms with Gasteiger partial charge in [0, 0.05) is 37.2 Å². The quantitative estimate of drug-likeness (QED) is 0.783. The van der Waals surface area contributed by atoms with E-state index in [0.717, 1.165) is 27.8 Å². The van der Waals surface area contributed by atoms with Crippen molar-refractivity contribution in [3.05, 3.63) is 54.0 Å². The number of fused-ring (bicyclic) bond motifs is 1. The topological polar surface area (TPSA) is 59.8 Å². The Morgan fingerprint density at radius 3 is 2.96 bits per heavy atom. The van der Waals surface area contributed by atoms with Crippen LogP contribution in [0.3, 0.4) is 0 Å². The number of rotatable bonds is 5. The highest BCUT2D eigenvalue weighted by molar-refractivity contribution is 5.92. The van der Waals surface area contributed by atoms with Gasteiger partial charge in [0.1, 0.15) is 0 Å². The molecule has 2 aromatic heterocycles. The van der Waals surface area contributed by atoms with Crippen molar-refractivity contribution in [1.29, 1.82) is 0 Å². The van der Waals surface area contributed by atoms with Crippen molar-refractivity contribution < 1.29 is 4.79 Å². The Labute approximate surface area is 140 Å². The number of para-hydroxylation sites is 1. The van der Waals surface area contributed by atoms with Crippen LogP contribution in [0.15, 0.2) is 42.7 Å². The molecule has 2 heterocycles. The largest absolute Gasteiger partial charge is 0.323 e. The summed E-state index contributed by atoms with van der Waals surface area (Å²) in [7, 11) is 1.89. The van der Waals surface area contributed by atoms with E-state index in [1.54, 1.807) is 4.68 Å². The molecule has 1 aliphatic rings. The lowest BCUT2D eigenvalue weighted by atomic mass is 10.0. The molecule has 122 valence electrons. The summed E-state index contributed by atoms with van der Waals surface area (Å²) in [5.41, 5.74) is 4.02. The van der Waals surface area contributed by atoms with E-state index in [-0.39, 0.29) is 5.91 Å². The Morgan fingerprint density at radius 2 is 2.12 bits per heavy atom. The van der Waals surface area contributed by atoms with Crippen molar-refractivity contribution in [3.8, 4) is 0 Å². The Bertz CT molecular complexity index is 890. The van der Waals surface area contributed by atoms with Crippen LogP contribution >= 0.6 is 0 Å². The third-order valence-electron chi connectivity index (χ3n) is 4.46. The number of hydrogen-bond donors (Lipinski definition) is 1. The second kappa shape index (κ2) is 6.07. The molecule has 1 saturated carbocycles. The van der Waals surface area contributed by atoms with Gasteiger partial charge in [-0.3, -0.25) is 14.5 Å². The van der Waals surface area contributed by atoms with Crippen LogP contribution in [-0.2, 0) is 18.3 Å². The molecule has 3 aromatic rings. The van der Waals surface area contributed by atoms with Gasteiger partial charge in [-0.05, 0) is 37.0 Å². The van der Waals surface area contributed by atoms with Crippen LogP contribution in [0.2, 0.25) is 0 Å². The van der Waals surface area contributed by atoms with Crippen LogP contribution in [0, 0.1) is 0 Å². The Morgan fingerprint density at radius 1 is 1.29 bits per heavy atom. The molecule has 0 atom stereocenters. The maximum atomic E-state index is 12.4. The Kier molecular flexibility index (Phi) is 3.76. The number of nitrogens with one attached hydrogen (secondary N) is 1. The molecule has 0 aliphatic heterocycles. The van der Waals surface area contributed by atoms with E-state index in [1.807, 2.05) is 43.7 Å². The second-order valence-electron chi connectivity index (χ2n) is 6.41. The molecule has 0 spiro atoms. The smallest absolute Gasteiger partial charge is 0.224 e. The van der Waals surface area contributed by atoms with E-state index in [1.165, 1.54) is 12.8 Å². The van der Waals surface area contributed by atoms with Gasteiger partial charge in [-0.1, -0.05) is 18.2 Å². The summed E-state index contributed by atoms with van der Waals surface area (Å²) < 4.78 is 1.78. The van der Waals surface area contributed by atoms with E-state index >= 15 is 0 Å². The zero-order valence-corrected chi connectivity index (χ0v) is 13.7. The van der Waals surface area contributed by atoms with Crippen molar-refractivity contribution in [2.75, 3.05) is 5.32 Å². The summed E-state index contributed by atoms with van der Waals surface area (Å²) in [6.45, 7) is 0. The summed E-state index contributed by atoms with van der Waals surface area (Å²) >= 11 is 0. The van der Waals surface area contributed by atoms with Gasteiger partial charge in [0.15, 0.2) is 0 Å². The summed E-state index contributed by atoms with van der Waals surface area (Å²) in [6.07, 6.45) is 7.20. The number of aromatic nitrogens is 3. The molecule has 5 heteroatoms. The van der Waals surface area contributed by atoms with E-state index in [9.17, 15) is 4.79 Å². The Hall–Kier alpha value is -2.69. The number of carbonyl (C=O) groups is 1. The highest BCUT2D eigenvalue weighted by atomic mass is 16.1. The van der Waals surface area contributed by atoms with Gasteiger partial charge < -0.3 is 5.32 Å². The van der Waals surface area contributed by atoms with Gasteiger partial charge >= 0.3 is 0 Å². The van der Waals surface area contributed by atoms with E-state index in [0.29, 0.717) is 18.8 Å². The number of hydrogen-bond acceptors (Lipinski definition) is 3.